The van der Waals surface area contributed by atoms with Crippen LogP contribution in [0.3, 0.4) is 0 Å². The third kappa shape index (κ3) is 4.57. The van der Waals surface area contributed by atoms with Crippen LogP contribution in [0.5, 0.6) is 0 Å². The van der Waals surface area contributed by atoms with Gasteiger partial charge in [-0.25, -0.2) is 18.4 Å². The van der Waals surface area contributed by atoms with Crippen molar-refractivity contribution in [3.8, 4) is 0 Å². The molecule has 94 valence electrons. The molecule has 0 bridgehead atoms. The van der Waals surface area contributed by atoms with Crippen molar-refractivity contribution in [1.82, 2.24) is 9.97 Å². The molecule has 0 fully saturated rings. The predicted molar refractivity (Wildman–Crippen MR) is 65.0 cm³/mol. The van der Waals surface area contributed by atoms with Gasteiger partial charge in [0.25, 0.3) is 0 Å². The van der Waals surface area contributed by atoms with E-state index in [-0.39, 0.29) is 17.3 Å². The smallest absolute Gasteiger partial charge is 0.191 e. The van der Waals surface area contributed by atoms with Gasteiger partial charge >= 0.3 is 0 Å². The quantitative estimate of drug-likeness (QED) is 0.249. The predicted octanol–water partition coefficient (Wildman–Crippen LogP) is -0.292. The largest absolute Gasteiger partial charge is 0.409 e. The van der Waals surface area contributed by atoms with E-state index in [0.29, 0.717) is 10.8 Å². The maximum absolute atomic E-state index is 11.0. The van der Waals surface area contributed by atoms with E-state index < -0.39 is 9.84 Å². The molecule has 1 heterocycles. The lowest BCUT2D eigenvalue weighted by molar-refractivity contribution is 0.318. The van der Waals surface area contributed by atoms with Crippen LogP contribution in [0.15, 0.2) is 22.6 Å². The normalized spacial score (nSPS) is 12.6. The summed E-state index contributed by atoms with van der Waals surface area (Å²) in [5, 5.41) is 11.8. The molecule has 0 amide bonds. The zero-order chi connectivity index (χ0) is 12.9. The summed E-state index contributed by atoms with van der Waals surface area (Å²) in [5.74, 6) is 0.215. The van der Waals surface area contributed by atoms with Gasteiger partial charge in [-0.3, -0.25) is 0 Å². The first-order valence-corrected chi connectivity index (χ1v) is 7.58. The highest BCUT2D eigenvalue weighted by molar-refractivity contribution is 8.00. The number of hydrogen-bond donors (Lipinski definition) is 2. The second-order valence-electron chi connectivity index (χ2n) is 3.17. The summed E-state index contributed by atoms with van der Waals surface area (Å²) < 4.78 is 21.9. The Balaban J connectivity index is 2.78. The van der Waals surface area contributed by atoms with Gasteiger partial charge in [0.2, 0.25) is 0 Å². The fraction of sp³-hybridized carbons (Fsp3) is 0.375. The highest BCUT2D eigenvalue weighted by atomic mass is 32.2. The standard InChI is InChI=1S/C8H12N4O3S2/c1-17(14,15)5-4-16-8-6(7(9)12-13)10-2-3-11-8/h2-3,13H,4-5H2,1H3,(H2,9,12). The summed E-state index contributed by atoms with van der Waals surface area (Å²) in [5.41, 5.74) is 5.66. The Morgan fingerprint density at radius 3 is 2.76 bits per heavy atom. The zero-order valence-corrected chi connectivity index (χ0v) is 10.7. The van der Waals surface area contributed by atoms with Crippen LogP contribution in [0.4, 0.5) is 0 Å². The highest BCUT2D eigenvalue weighted by Gasteiger charge is 2.11. The van der Waals surface area contributed by atoms with E-state index in [0.717, 1.165) is 6.26 Å². The molecule has 0 aliphatic heterocycles. The summed E-state index contributed by atoms with van der Waals surface area (Å²) in [4.78, 5) is 7.92. The van der Waals surface area contributed by atoms with Gasteiger partial charge in [0.1, 0.15) is 20.6 Å². The van der Waals surface area contributed by atoms with Crippen molar-refractivity contribution in [1.29, 1.82) is 0 Å². The molecule has 0 spiro atoms. The van der Waals surface area contributed by atoms with E-state index in [4.69, 9.17) is 10.9 Å². The molecule has 0 saturated carbocycles. The number of rotatable bonds is 5. The van der Waals surface area contributed by atoms with Gasteiger partial charge in [0.05, 0.1) is 5.75 Å². The van der Waals surface area contributed by atoms with Crippen LogP contribution >= 0.6 is 11.8 Å². The lowest BCUT2D eigenvalue weighted by Crippen LogP contribution is -2.17. The second kappa shape index (κ2) is 5.82. The van der Waals surface area contributed by atoms with Crippen molar-refractivity contribution in [2.24, 2.45) is 10.9 Å². The first kappa shape index (κ1) is 13.7. The van der Waals surface area contributed by atoms with Crippen LogP contribution in [0, 0.1) is 0 Å². The first-order valence-electron chi connectivity index (χ1n) is 4.53. The summed E-state index contributed by atoms with van der Waals surface area (Å²) >= 11 is 1.19. The number of thioether (sulfide) groups is 1. The molecule has 0 radical (unpaired) electrons. The Morgan fingerprint density at radius 2 is 2.18 bits per heavy atom. The summed E-state index contributed by atoms with van der Waals surface area (Å²) in [7, 11) is -3.01. The van der Waals surface area contributed by atoms with E-state index in [1.54, 1.807) is 0 Å². The minimum absolute atomic E-state index is 0.0316. The highest BCUT2D eigenvalue weighted by Crippen LogP contribution is 2.18. The van der Waals surface area contributed by atoms with Crippen molar-refractivity contribution in [3.63, 3.8) is 0 Å². The third-order valence-corrected chi connectivity index (χ3v) is 3.89. The summed E-state index contributed by atoms with van der Waals surface area (Å²) in [6.45, 7) is 0. The molecular weight excluding hydrogens is 264 g/mol. The number of hydrogen-bond acceptors (Lipinski definition) is 7. The molecule has 0 aliphatic carbocycles. The molecule has 17 heavy (non-hydrogen) atoms. The minimum Gasteiger partial charge on any atom is -0.409 e. The topological polar surface area (TPSA) is 119 Å². The van der Waals surface area contributed by atoms with Crippen molar-refractivity contribution in [2.75, 3.05) is 17.8 Å². The van der Waals surface area contributed by atoms with E-state index >= 15 is 0 Å². The number of oxime groups is 1. The molecular formula is C8H12N4O3S2. The van der Waals surface area contributed by atoms with Crippen molar-refractivity contribution in [2.45, 2.75) is 5.03 Å². The van der Waals surface area contributed by atoms with E-state index in [1.165, 1.54) is 24.2 Å². The molecule has 0 unspecified atom stereocenters. The number of sulfone groups is 1. The number of amidine groups is 1. The molecule has 3 N–H and O–H groups in total. The minimum atomic E-state index is -3.01. The average molecular weight is 276 g/mol. The maximum atomic E-state index is 11.0. The van der Waals surface area contributed by atoms with Crippen molar-refractivity contribution < 1.29 is 13.6 Å². The Bertz CT molecular complexity index is 515. The monoisotopic (exact) mass is 276 g/mol. The Hall–Kier alpha value is -1.35. The van der Waals surface area contributed by atoms with Gasteiger partial charge in [-0.15, -0.1) is 11.8 Å². The molecule has 1 aromatic heterocycles. The van der Waals surface area contributed by atoms with Crippen molar-refractivity contribution >= 4 is 27.4 Å². The molecule has 0 saturated heterocycles. The Kier molecular flexibility index (Phi) is 4.70. The SMILES string of the molecule is CS(=O)(=O)CCSc1nccnc1C(N)=NO. The van der Waals surface area contributed by atoms with Crippen LogP contribution in [-0.4, -0.2) is 47.2 Å². The lowest BCUT2D eigenvalue weighted by Gasteiger charge is -2.04. The van der Waals surface area contributed by atoms with Gasteiger partial charge < -0.3 is 10.9 Å². The molecule has 1 rings (SSSR count). The van der Waals surface area contributed by atoms with Crippen LogP contribution in [0.2, 0.25) is 0 Å². The van der Waals surface area contributed by atoms with Gasteiger partial charge in [-0.1, -0.05) is 5.16 Å². The van der Waals surface area contributed by atoms with Crippen LogP contribution in [0.1, 0.15) is 5.69 Å². The van der Waals surface area contributed by atoms with Crippen molar-refractivity contribution in [3.05, 3.63) is 18.1 Å². The average Bonchev–Trinajstić information content (AvgIpc) is 2.27. The molecule has 1 aromatic rings. The molecule has 7 nitrogen and oxygen atoms in total. The van der Waals surface area contributed by atoms with Gasteiger partial charge in [-0.05, 0) is 0 Å². The lowest BCUT2D eigenvalue weighted by atomic mass is 10.4. The number of nitrogens with zero attached hydrogens (tertiary/aromatic N) is 3. The summed E-state index contributed by atoms with van der Waals surface area (Å²) in [6.07, 6.45) is 4.03. The number of aromatic nitrogens is 2. The Morgan fingerprint density at radius 1 is 1.53 bits per heavy atom. The molecule has 0 aliphatic rings. The van der Waals surface area contributed by atoms with E-state index in [1.807, 2.05) is 0 Å². The molecule has 9 heteroatoms. The maximum Gasteiger partial charge on any atom is 0.191 e. The third-order valence-electron chi connectivity index (χ3n) is 1.71. The van der Waals surface area contributed by atoms with Crippen LogP contribution in [0.25, 0.3) is 0 Å². The first-order chi connectivity index (χ1) is 7.94. The fourth-order valence-electron chi connectivity index (χ4n) is 0.944. The summed E-state index contributed by atoms with van der Waals surface area (Å²) in [6, 6.07) is 0. The molecule has 0 aromatic carbocycles. The van der Waals surface area contributed by atoms with Crippen LogP contribution in [-0.2, 0) is 9.84 Å². The van der Waals surface area contributed by atoms with E-state index in [2.05, 4.69) is 15.1 Å². The van der Waals surface area contributed by atoms with E-state index in [9.17, 15) is 8.42 Å². The van der Waals surface area contributed by atoms with Gasteiger partial charge in [-0.2, -0.15) is 0 Å². The Labute approximate surface area is 103 Å². The van der Waals surface area contributed by atoms with Gasteiger partial charge in [0, 0.05) is 24.4 Å². The second-order valence-corrected chi connectivity index (χ2v) is 6.52. The fourth-order valence-corrected chi connectivity index (χ4v) is 3.11. The molecule has 0 atom stereocenters. The van der Waals surface area contributed by atoms with Gasteiger partial charge in [0.15, 0.2) is 5.84 Å². The number of nitrogens with two attached hydrogens (primary N) is 1. The van der Waals surface area contributed by atoms with Crippen LogP contribution < -0.4 is 5.73 Å². The zero-order valence-electron chi connectivity index (χ0n) is 9.07.